The highest BCUT2D eigenvalue weighted by atomic mass is 16.3. The molecule has 1 aromatic rings. The summed E-state index contributed by atoms with van der Waals surface area (Å²) in [4.78, 5) is 0. The summed E-state index contributed by atoms with van der Waals surface area (Å²) in [5, 5.41) is 10.2. The normalized spacial score (nSPS) is 18.9. The highest BCUT2D eigenvalue weighted by Crippen LogP contribution is 2.41. The summed E-state index contributed by atoms with van der Waals surface area (Å²) in [5.41, 5.74) is 1.96. The molecule has 1 saturated carbocycles. The quantitative estimate of drug-likeness (QED) is 0.801. The molecule has 1 aromatic carbocycles. The maximum atomic E-state index is 10.2. The molecule has 15 heavy (non-hydrogen) atoms. The lowest BCUT2D eigenvalue weighted by Gasteiger charge is -2.37. The summed E-state index contributed by atoms with van der Waals surface area (Å²) in [6, 6.07) is 8.47. The maximum absolute atomic E-state index is 10.2. The second-order valence-corrected chi connectivity index (χ2v) is 5.18. The average molecular weight is 204 g/mol. The van der Waals surface area contributed by atoms with Crippen LogP contribution < -0.4 is 0 Å². The molecule has 0 spiro atoms. The fraction of sp³-hybridized carbons (Fsp3) is 0.571. The van der Waals surface area contributed by atoms with E-state index < -0.39 is 5.60 Å². The molecule has 2 rings (SSSR count). The van der Waals surface area contributed by atoms with Crippen molar-refractivity contribution in [1.82, 2.24) is 0 Å². The van der Waals surface area contributed by atoms with Crippen LogP contribution >= 0.6 is 0 Å². The molecule has 1 N–H and O–H groups in total. The third kappa shape index (κ3) is 2.23. The van der Waals surface area contributed by atoms with Crippen molar-refractivity contribution in [3.05, 3.63) is 35.4 Å². The van der Waals surface area contributed by atoms with Crippen LogP contribution in [0.2, 0.25) is 0 Å². The summed E-state index contributed by atoms with van der Waals surface area (Å²) in [6.07, 6.45) is 4.12. The molecular formula is C14H20O. The predicted octanol–water partition coefficient (Wildman–Crippen LogP) is 3.26. The van der Waals surface area contributed by atoms with E-state index in [9.17, 15) is 5.11 Å². The maximum Gasteiger partial charge on any atom is 0.0896 e. The minimum atomic E-state index is -0.507. The zero-order chi connectivity index (χ0) is 10.9. The van der Waals surface area contributed by atoms with Gasteiger partial charge >= 0.3 is 0 Å². The lowest BCUT2D eigenvalue weighted by Crippen LogP contribution is -2.33. The van der Waals surface area contributed by atoms with E-state index >= 15 is 0 Å². The van der Waals surface area contributed by atoms with Crippen molar-refractivity contribution in [3.63, 3.8) is 0 Å². The molecule has 1 fully saturated rings. The molecule has 0 aromatic heterocycles. The minimum absolute atomic E-state index is 0.507. The number of rotatable bonds is 3. The highest BCUT2D eigenvalue weighted by molar-refractivity contribution is 5.30. The third-order valence-electron chi connectivity index (χ3n) is 3.29. The molecular weight excluding hydrogens is 184 g/mol. The fourth-order valence-corrected chi connectivity index (χ4v) is 2.26. The van der Waals surface area contributed by atoms with Gasteiger partial charge in [-0.25, -0.2) is 0 Å². The molecule has 0 atom stereocenters. The number of benzene rings is 1. The Bertz CT molecular complexity index is 337. The van der Waals surface area contributed by atoms with Crippen LogP contribution in [0.5, 0.6) is 0 Å². The molecule has 1 heteroatoms. The smallest absolute Gasteiger partial charge is 0.0896 e. The molecule has 0 heterocycles. The molecule has 82 valence electrons. The second-order valence-electron chi connectivity index (χ2n) is 5.18. The predicted molar refractivity (Wildman–Crippen MR) is 62.7 cm³/mol. The topological polar surface area (TPSA) is 20.2 Å². The van der Waals surface area contributed by atoms with E-state index in [1.807, 2.05) is 0 Å². The first-order valence-electron chi connectivity index (χ1n) is 5.92. The summed E-state index contributed by atoms with van der Waals surface area (Å²) >= 11 is 0. The van der Waals surface area contributed by atoms with Crippen molar-refractivity contribution in [2.75, 3.05) is 0 Å². The van der Waals surface area contributed by atoms with E-state index in [1.165, 1.54) is 5.56 Å². The van der Waals surface area contributed by atoms with Crippen LogP contribution in [0.25, 0.3) is 0 Å². The zero-order valence-corrected chi connectivity index (χ0v) is 9.66. The molecule has 0 unspecified atom stereocenters. The van der Waals surface area contributed by atoms with Gasteiger partial charge in [0.25, 0.3) is 0 Å². The van der Waals surface area contributed by atoms with Gasteiger partial charge in [0.1, 0.15) is 0 Å². The molecule has 0 amide bonds. The van der Waals surface area contributed by atoms with Gasteiger partial charge in [-0.2, -0.15) is 0 Å². The van der Waals surface area contributed by atoms with Gasteiger partial charge < -0.3 is 5.11 Å². The van der Waals surface area contributed by atoms with Crippen LogP contribution in [0.15, 0.2) is 24.3 Å². The summed E-state index contributed by atoms with van der Waals surface area (Å²) < 4.78 is 0. The zero-order valence-electron chi connectivity index (χ0n) is 9.66. The minimum Gasteiger partial charge on any atom is -0.385 e. The van der Waals surface area contributed by atoms with Gasteiger partial charge in [0.15, 0.2) is 0 Å². The summed E-state index contributed by atoms with van der Waals surface area (Å²) in [6.45, 7) is 4.45. The second kappa shape index (κ2) is 3.97. The van der Waals surface area contributed by atoms with Crippen LogP contribution in [-0.2, 0) is 12.0 Å². The first kappa shape index (κ1) is 10.7. The first-order chi connectivity index (χ1) is 7.10. The van der Waals surface area contributed by atoms with E-state index in [1.54, 1.807) is 0 Å². The largest absolute Gasteiger partial charge is 0.385 e. The molecule has 0 aliphatic heterocycles. The van der Waals surface area contributed by atoms with Crippen LogP contribution in [0.3, 0.4) is 0 Å². The van der Waals surface area contributed by atoms with Crippen LogP contribution in [0.4, 0.5) is 0 Å². The van der Waals surface area contributed by atoms with Gasteiger partial charge in [0, 0.05) is 0 Å². The van der Waals surface area contributed by atoms with Crippen molar-refractivity contribution in [2.24, 2.45) is 5.92 Å². The summed E-state index contributed by atoms with van der Waals surface area (Å²) in [7, 11) is 0. The van der Waals surface area contributed by atoms with E-state index in [0.29, 0.717) is 5.92 Å². The molecule has 0 bridgehead atoms. The Hall–Kier alpha value is -0.820. The van der Waals surface area contributed by atoms with E-state index in [-0.39, 0.29) is 0 Å². The van der Waals surface area contributed by atoms with Gasteiger partial charge in [0.2, 0.25) is 0 Å². The first-order valence-corrected chi connectivity index (χ1v) is 5.92. The van der Waals surface area contributed by atoms with Gasteiger partial charge in [-0.15, -0.1) is 0 Å². The molecule has 1 nitrogen and oxygen atoms in total. The van der Waals surface area contributed by atoms with Crippen molar-refractivity contribution in [3.8, 4) is 0 Å². The van der Waals surface area contributed by atoms with Crippen molar-refractivity contribution in [1.29, 1.82) is 0 Å². The fourth-order valence-electron chi connectivity index (χ4n) is 2.26. The standard InChI is InChI=1S/C14H20O/c1-11(2)9-12-5-3-6-13(10-12)14(15)7-4-8-14/h3,5-6,10-11,15H,4,7-9H2,1-2H3. The molecule has 1 aliphatic rings. The SMILES string of the molecule is CC(C)Cc1cccc(C2(O)CCC2)c1. The Morgan fingerprint density at radius 2 is 2.07 bits per heavy atom. The number of hydrogen-bond donors (Lipinski definition) is 1. The van der Waals surface area contributed by atoms with Crippen molar-refractivity contribution < 1.29 is 5.11 Å². The lowest BCUT2D eigenvalue weighted by atomic mass is 9.74. The average Bonchev–Trinajstić information content (AvgIpc) is 2.13. The number of aliphatic hydroxyl groups is 1. The van der Waals surface area contributed by atoms with Crippen molar-refractivity contribution >= 4 is 0 Å². The van der Waals surface area contributed by atoms with Crippen LogP contribution in [0.1, 0.15) is 44.2 Å². The van der Waals surface area contributed by atoms with Gasteiger partial charge in [-0.1, -0.05) is 38.1 Å². The van der Waals surface area contributed by atoms with E-state index in [2.05, 4.69) is 38.1 Å². The third-order valence-corrected chi connectivity index (χ3v) is 3.29. The van der Waals surface area contributed by atoms with Gasteiger partial charge in [-0.3, -0.25) is 0 Å². The van der Waals surface area contributed by atoms with Gasteiger partial charge in [0.05, 0.1) is 5.60 Å². The van der Waals surface area contributed by atoms with E-state index in [4.69, 9.17) is 0 Å². The molecule has 0 radical (unpaired) electrons. The Balaban J connectivity index is 2.19. The Labute approximate surface area is 92.1 Å². The monoisotopic (exact) mass is 204 g/mol. The summed E-state index contributed by atoms with van der Waals surface area (Å²) in [5.74, 6) is 0.677. The van der Waals surface area contributed by atoms with E-state index in [0.717, 1.165) is 31.2 Å². The Morgan fingerprint density at radius 3 is 2.60 bits per heavy atom. The highest BCUT2D eigenvalue weighted by Gasteiger charge is 2.36. The Morgan fingerprint density at radius 1 is 1.33 bits per heavy atom. The van der Waals surface area contributed by atoms with Crippen molar-refractivity contribution in [2.45, 2.75) is 45.1 Å². The Kier molecular flexibility index (Phi) is 2.83. The van der Waals surface area contributed by atoms with Crippen LogP contribution in [-0.4, -0.2) is 5.11 Å². The van der Waals surface area contributed by atoms with Crippen LogP contribution in [0, 0.1) is 5.92 Å². The number of hydrogen-bond acceptors (Lipinski definition) is 1. The molecule has 1 aliphatic carbocycles. The molecule has 0 saturated heterocycles. The lowest BCUT2D eigenvalue weighted by molar-refractivity contribution is -0.0388. The van der Waals surface area contributed by atoms with Gasteiger partial charge in [-0.05, 0) is 42.7 Å².